The van der Waals surface area contributed by atoms with Crippen molar-refractivity contribution in [3.8, 4) is 0 Å². The normalized spacial score (nSPS) is 10.1. The zero-order valence-corrected chi connectivity index (χ0v) is 7.86. The molecule has 0 saturated carbocycles. The summed E-state index contributed by atoms with van der Waals surface area (Å²) in [6.45, 7) is 2.66. The molecule has 2 rings (SSSR count). The molecule has 2 N–H and O–H groups in total. The van der Waals surface area contributed by atoms with Gasteiger partial charge in [-0.05, 0) is 13.0 Å². The van der Waals surface area contributed by atoms with Crippen molar-refractivity contribution in [3.63, 3.8) is 0 Å². The van der Waals surface area contributed by atoms with E-state index in [0.717, 1.165) is 17.1 Å². The minimum absolute atomic E-state index is 0.692. The lowest BCUT2D eigenvalue weighted by Gasteiger charge is -2.05. The molecule has 2 aromatic rings. The molecule has 0 unspecified atom stereocenters. The molecule has 5 nitrogen and oxygen atoms in total. The number of aromatic amines is 1. The lowest BCUT2D eigenvalue weighted by Crippen LogP contribution is -2.03. The average Bonchev–Trinajstić information content (AvgIpc) is 2.69. The van der Waals surface area contributed by atoms with Crippen LogP contribution in [0.15, 0.2) is 24.8 Å². The molecular formula is C9H11N5. The maximum atomic E-state index is 4.12. The molecule has 2 aromatic heterocycles. The van der Waals surface area contributed by atoms with E-state index < -0.39 is 0 Å². The second kappa shape index (κ2) is 3.87. The molecule has 0 atom stereocenters. The minimum Gasteiger partial charge on any atom is -0.364 e. The van der Waals surface area contributed by atoms with Crippen LogP contribution in [0.2, 0.25) is 0 Å². The standard InChI is InChI=1S/C9H11N5/c1-7-4-10-6-12-9(7)11-5-8-2-3-13-14-8/h2-4,6H,5H2,1H3,(H,13,14)(H,10,11,12). The van der Waals surface area contributed by atoms with Gasteiger partial charge in [0.05, 0.1) is 12.2 Å². The number of anilines is 1. The maximum absolute atomic E-state index is 4.12. The quantitative estimate of drug-likeness (QED) is 0.759. The topological polar surface area (TPSA) is 66.5 Å². The highest BCUT2D eigenvalue weighted by Crippen LogP contribution is 2.08. The third-order valence-corrected chi connectivity index (χ3v) is 1.90. The van der Waals surface area contributed by atoms with Crippen molar-refractivity contribution in [1.29, 1.82) is 0 Å². The molecule has 0 saturated heterocycles. The fourth-order valence-electron chi connectivity index (χ4n) is 1.15. The Bertz CT molecular complexity index is 395. The second-order valence-electron chi connectivity index (χ2n) is 2.99. The monoisotopic (exact) mass is 189 g/mol. The Morgan fingerprint density at radius 2 is 2.43 bits per heavy atom. The van der Waals surface area contributed by atoms with Gasteiger partial charge in [-0.3, -0.25) is 5.10 Å². The Morgan fingerprint density at radius 1 is 1.50 bits per heavy atom. The van der Waals surface area contributed by atoms with Crippen LogP contribution in [0.4, 0.5) is 5.82 Å². The van der Waals surface area contributed by atoms with Crippen LogP contribution in [-0.2, 0) is 6.54 Å². The summed E-state index contributed by atoms with van der Waals surface area (Å²) in [6.07, 6.45) is 5.04. The Hall–Kier alpha value is -1.91. The van der Waals surface area contributed by atoms with Gasteiger partial charge in [0.25, 0.3) is 0 Å². The van der Waals surface area contributed by atoms with Crippen molar-refractivity contribution in [3.05, 3.63) is 36.0 Å². The number of H-pyrrole nitrogens is 1. The van der Waals surface area contributed by atoms with Crippen molar-refractivity contribution in [2.75, 3.05) is 5.32 Å². The Labute approximate surface area is 81.6 Å². The summed E-state index contributed by atoms with van der Waals surface area (Å²) >= 11 is 0. The summed E-state index contributed by atoms with van der Waals surface area (Å²) in [7, 11) is 0. The van der Waals surface area contributed by atoms with E-state index in [-0.39, 0.29) is 0 Å². The molecule has 0 aromatic carbocycles. The number of aromatic nitrogens is 4. The highest BCUT2D eigenvalue weighted by atomic mass is 15.1. The summed E-state index contributed by atoms with van der Waals surface area (Å²) in [5.41, 5.74) is 2.06. The highest BCUT2D eigenvalue weighted by Gasteiger charge is 1.98. The fourth-order valence-corrected chi connectivity index (χ4v) is 1.15. The fraction of sp³-hybridized carbons (Fsp3) is 0.222. The van der Waals surface area contributed by atoms with Crippen molar-refractivity contribution in [1.82, 2.24) is 20.2 Å². The molecule has 2 heterocycles. The SMILES string of the molecule is Cc1cncnc1NCc1ccn[nH]1. The summed E-state index contributed by atoms with van der Waals surface area (Å²) in [5.74, 6) is 0.856. The molecule has 0 radical (unpaired) electrons. The third-order valence-electron chi connectivity index (χ3n) is 1.90. The third kappa shape index (κ3) is 1.87. The van der Waals surface area contributed by atoms with Gasteiger partial charge in [0.15, 0.2) is 0 Å². The van der Waals surface area contributed by atoms with E-state index in [1.165, 1.54) is 6.33 Å². The van der Waals surface area contributed by atoms with E-state index in [1.807, 2.05) is 13.0 Å². The summed E-state index contributed by atoms with van der Waals surface area (Å²) < 4.78 is 0. The Morgan fingerprint density at radius 3 is 3.14 bits per heavy atom. The first kappa shape index (κ1) is 8.68. The van der Waals surface area contributed by atoms with Gasteiger partial charge in [0.1, 0.15) is 12.1 Å². The predicted molar refractivity (Wildman–Crippen MR) is 52.7 cm³/mol. The molecule has 0 fully saturated rings. The van der Waals surface area contributed by atoms with Crippen LogP contribution < -0.4 is 5.32 Å². The minimum atomic E-state index is 0.692. The number of aryl methyl sites for hydroxylation is 1. The number of nitrogens with zero attached hydrogens (tertiary/aromatic N) is 3. The van der Waals surface area contributed by atoms with Crippen LogP contribution >= 0.6 is 0 Å². The molecule has 0 aliphatic carbocycles. The molecular weight excluding hydrogens is 178 g/mol. The molecule has 5 heteroatoms. The molecule has 0 aliphatic heterocycles. The smallest absolute Gasteiger partial charge is 0.132 e. The van der Waals surface area contributed by atoms with Crippen molar-refractivity contribution in [2.45, 2.75) is 13.5 Å². The predicted octanol–water partition coefficient (Wildman–Crippen LogP) is 1.12. The first-order valence-electron chi connectivity index (χ1n) is 4.35. The Kier molecular flexibility index (Phi) is 2.40. The van der Waals surface area contributed by atoms with Gasteiger partial charge in [0.2, 0.25) is 0 Å². The lowest BCUT2D eigenvalue weighted by atomic mass is 10.3. The first-order chi connectivity index (χ1) is 6.86. The van der Waals surface area contributed by atoms with Gasteiger partial charge in [-0.1, -0.05) is 0 Å². The van der Waals surface area contributed by atoms with Gasteiger partial charge < -0.3 is 5.32 Å². The number of rotatable bonds is 3. The number of nitrogens with one attached hydrogen (secondary N) is 2. The summed E-state index contributed by atoms with van der Waals surface area (Å²) in [6, 6.07) is 1.92. The number of hydrogen-bond acceptors (Lipinski definition) is 4. The maximum Gasteiger partial charge on any atom is 0.132 e. The zero-order chi connectivity index (χ0) is 9.80. The van der Waals surface area contributed by atoms with E-state index in [1.54, 1.807) is 12.4 Å². The van der Waals surface area contributed by atoms with E-state index in [0.29, 0.717) is 6.54 Å². The van der Waals surface area contributed by atoms with Crippen molar-refractivity contribution < 1.29 is 0 Å². The van der Waals surface area contributed by atoms with Crippen molar-refractivity contribution in [2.24, 2.45) is 0 Å². The Balaban J connectivity index is 2.02. The molecule has 0 amide bonds. The zero-order valence-electron chi connectivity index (χ0n) is 7.86. The van der Waals surface area contributed by atoms with E-state index in [4.69, 9.17) is 0 Å². The summed E-state index contributed by atoms with van der Waals surface area (Å²) in [5, 5.41) is 9.92. The highest BCUT2D eigenvalue weighted by molar-refractivity contribution is 5.41. The van der Waals surface area contributed by atoms with Gasteiger partial charge >= 0.3 is 0 Å². The van der Waals surface area contributed by atoms with Crippen LogP contribution in [0.25, 0.3) is 0 Å². The largest absolute Gasteiger partial charge is 0.364 e. The van der Waals surface area contributed by atoms with E-state index >= 15 is 0 Å². The lowest BCUT2D eigenvalue weighted by molar-refractivity contribution is 0.967. The van der Waals surface area contributed by atoms with Crippen LogP contribution in [-0.4, -0.2) is 20.2 Å². The number of hydrogen-bond donors (Lipinski definition) is 2. The van der Waals surface area contributed by atoms with Gasteiger partial charge in [0, 0.05) is 18.0 Å². The molecule has 72 valence electrons. The molecule has 0 spiro atoms. The molecule has 0 aliphatic rings. The van der Waals surface area contributed by atoms with E-state index in [2.05, 4.69) is 25.5 Å². The van der Waals surface area contributed by atoms with Gasteiger partial charge in [-0.15, -0.1) is 0 Å². The van der Waals surface area contributed by atoms with Crippen molar-refractivity contribution >= 4 is 5.82 Å². The first-order valence-corrected chi connectivity index (χ1v) is 4.35. The van der Waals surface area contributed by atoms with Crippen LogP contribution in [0.3, 0.4) is 0 Å². The average molecular weight is 189 g/mol. The molecule has 0 bridgehead atoms. The summed E-state index contributed by atoms with van der Waals surface area (Å²) in [4.78, 5) is 8.04. The van der Waals surface area contributed by atoms with Gasteiger partial charge in [-0.2, -0.15) is 5.10 Å². The van der Waals surface area contributed by atoms with Crippen LogP contribution in [0, 0.1) is 6.92 Å². The van der Waals surface area contributed by atoms with Crippen LogP contribution in [0.1, 0.15) is 11.3 Å². The van der Waals surface area contributed by atoms with Gasteiger partial charge in [-0.25, -0.2) is 9.97 Å². The molecule has 14 heavy (non-hydrogen) atoms. The van der Waals surface area contributed by atoms with E-state index in [9.17, 15) is 0 Å². The van der Waals surface area contributed by atoms with Crippen LogP contribution in [0.5, 0.6) is 0 Å². The second-order valence-corrected chi connectivity index (χ2v) is 2.99.